The number of hydrogen-bond acceptors (Lipinski definition) is 8. The van der Waals surface area contributed by atoms with Gasteiger partial charge in [0, 0.05) is 12.4 Å². The highest BCUT2D eigenvalue weighted by Crippen LogP contribution is 2.34. The van der Waals surface area contributed by atoms with Crippen molar-refractivity contribution in [1.82, 2.24) is 19.9 Å². The molecule has 0 saturated heterocycles. The Bertz CT molecular complexity index is 1390. The standard InChI is InChI=1S/C25H24BrN5O4S/c1-18-7-9-20(10-8-18)22-23(31-36(32,33)14-11-19-5-3-2-4-6-19)29-17-30-24(22)34-12-13-35-25-27-15-21(26)16-28-25/h2-10,15-17H,11-14H2,1H3,(H,29,30,31). The van der Waals surface area contributed by atoms with Crippen molar-refractivity contribution in [2.75, 3.05) is 23.7 Å². The Morgan fingerprint density at radius 2 is 1.58 bits per heavy atom. The van der Waals surface area contributed by atoms with Crippen LogP contribution in [0.15, 0.2) is 77.8 Å². The van der Waals surface area contributed by atoms with Crippen molar-refractivity contribution >= 4 is 31.8 Å². The Hall–Kier alpha value is -3.57. The molecule has 2 aromatic carbocycles. The van der Waals surface area contributed by atoms with Crippen molar-refractivity contribution in [3.05, 3.63) is 88.9 Å². The summed E-state index contributed by atoms with van der Waals surface area (Å²) in [4.78, 5) is 16.6. The summed E-state index contributed by atoms with van der Waals surface area (Å²) in [5.41, 5.74) is 3.16. The van der Waals surface area contributed by atoms with Gasteiger partial charge in [-0.2, -0.15) is 0 Å². The largest absolute Gasteiger partial charge is 0.473 e. The minimum atomic E-state index is -3.69. The number of rotatable bonds is 11. The zero-order valence-corrected chi connectivity index (χ0v) is 21.9. The third-order valence-corrected chi connectivity index (χ3v) is 6.71. The average molecular weight is 570 g/mol. The van der Waals surface area contributed by atoms with E-state index in [1.165, 1.54) is 6.33 Å². The molecule has 4 rings (SSSR count). The van der Waals surface area contributed by atoms with E-state index in [-0.39, 0.29) is 36.7 Å². The normalized spacial score (nSPS) is 11.2. The molecule has 9 nitrogen and oxygen atoms in total. The Kier molecular flexibility index (Phi) is 8.44. The van der Waals surface area contributed by atoms with Gasteiger partial charge in [0.15, 0.2) is 5.82 Å². The molecule has 0 atom stereocenters. The van der Waals surface area contributed by atoms with Gasteiger partial charge >= 0.3 is 6.01 Å². The molecule has 36 heavy (non-hydrogen) atoms. The first-order chi connectivity index (χ1) is 17.4. The molecule has 0 unspecified atom stereocenters. The summed E-state index contributed by atoms with van der Waals surface area (Å²) in [6.07, 6.45) is 4.80. The lowest BCUT2D eigenvalue weighted by Gasteiger charge is -2.16. The minimum Gasteiger partial charge on any atom is -0.473 e. The Balaban J connectivity index is 1.52. The maximum atomic E-state index is 12.9. The van der Waals surface area contributed by atoms with Crippen molar-refractivity contribution in [3.8, 4) is 23.0 Å². The van der Waals surface area contributed by atoms with Crippen molar-refractivity contribution in [3.63, 3.8) is 0 Å². The lowest BCUT2D eigenvalue weighted by atomic mass is 10.1. The molecule has 0 radical (unpaired) electrons. The van der Waals surface area contributed by atoms with E-state index in [2.05, 4.69) is 40.6 Å². The van der Waals surface area contributed by atoms with Gasteiger partial charge in [0.25, 0.3) is 0 Å². The molecule has 11 heteroatoms. The van der Waals surface area contributed by atoms with Crippen LogP contribution in [0.2, 0.25) is 0 Å². The second-order valence-electron chi connectivity index (χ2n) is 7.81. The van der Waals surface area contributed by atoms with Crippen molar-refractivity contribution in [1.29, 1.82) is 0 Å². The van der Waals surface area contributed by atoms with Gasteiger partial charge in [0.05, 0.1) is 15.8 Å². The van der Waals surface area contributed by atoms with Gasteiger partial charge in [-0.25, -0.2) is 28.4 Å². The molecule has 0 aliphatic heterocycles. The summed E-state index contributed by atoms with van der Waals surface area (Å²) >= 11 is 3.27. The number of sulfonamides is 1. The second-order valence-corrected chi connectivity index (χ2v) is 10.6. The fourth-order valence-corrected chi connectivity index (χ4v) is 4.54. The van der Waals surface area contributed by atoms with Gasteiger partial charge in [-0.05, 0) is 40.4 Å². The van der Waals surface area contributed by atoms with Crippen molar-refractivity contribution in [2.45, 2.75) is 13.3 Å². The van der Waals surface area contributed by atoms with E-state index < -0.39 is 10.0 Å². The van der Waals surface area contributed by atoms with Crippen LogP contribution in [0.3, 0.4) is 0 Å². The van der Waals surface area contributed by atoms with Gasteiger partial charge in [-0.15, -0.1) is 0 Å². The molecule has 186 valence electrons. The molecule has 0 aliphatic carbocycles. The molecule has 0 bridgehead atoms. The van der Waals surface area contributed by atoms with Crippen LogP contribution in [-0.2, 0) is 16.4 Å². The Morgan fingerprint density at radius 1 is 0.889 bits per heavy atom. The number of hydrogen-bond donors (Lipinski definition) is 1. The molecule has 0 saturated carbocycles. The first kappa shape index (κ1) is 25.5. The fraction of sp³-hybridized carbons (Fsp3) is 0.200. The monoisotopic (exact) mass is 569 g/mol. The quantitative estimate of drug-likeness (QED) is 0.263. The molecule has 0 aliphatic rings. The first-order valence-corrected chi connectivity index (χ1v) is 13.5. The molecular formula is C25H24BrN5O4S. The number of nitrogens with zero attached hydrogens (tertiary/aromatic N) is 4. The fourth-order valence-electron chi connectivity index (χ4n) is 3.28. The lowest BCUT2D eigenvalue weighted by molar-refractivity contribution is 0.202. The highest BCUT2D eigenvalue weighted by molar-refractivity contribution is 9.10. The highest BCUT2D eigenvalue weighted by Gasteiger charge is 2.20. The average Bonchev–Trinajstić information content (AvgIpc) is 2.88. The van der Waals surface area contributed by atoms with E-state index >= 15 is 0 Å². The van der Waals surface area contributed by atoms with Crippen LogP contribution in [0.5, 0.6) is 11.9 Å². The first-order valence-electron chi connectivity index (χ1n) is 11.1. The van der Waals surface area contributed by atoms with Crippen LogP contribution < -0.4 is 14.2 Å². The van der Waals surface area contributed by atoms with Crippen LogP contribution in [0, 0.1) is 6.92 Å². The number of aromatic nitrogens is 4. The van der Waals surface area contributed by atoms with Crippen LogP contribution in [0.4, 0.5) is 5.82 Å². The molecular weight excluding hydrogens is 546 g/mol. The van der Waals surface area contributed by atoms with E-state index in [1.54, 1.807) is 12.4 Å². The van der Waals surface area contributed by atoms with E-state index in [1.807, 2.05) is 61.5 Å². The predicted octanol–water partition coefficient (Wildman–Crippen LogP) is 4.45. The summed E-state index contributed by atoms with van der Waals surface area (Å²) in [6.45, 7) is 2.27. The summed E-state index contributed by atoms with van der Waals surface area (Å²) in [5, 5.41) is 0. The van der Waals surface area contributed by atoms with Gasteiger partial charge in [0.2, 0.25) is 15.9 Å². The zero-order valence-electron chi connectivity index (χ0n) is 19.5. The van der Waals surface area contributed by atoms with Crippen LogP contribution in [-0.4, -0.2) is 47.3 Å². The zero-order chi connectivity index (χ0) is 25.4. The Labute approximate surface area is 218 Å². The molecule has 0 spiro atoms. The summed E-state index contributed by atoms with van der Waals surface area (Å²) < 4.78 is 40.6. The molecule has 0 amide bonds. The van der Waals surface area contributed by atoms with Gasteiger partial charge in [-0.1, -0.05) is 60.2 Å². The van der Waals surface area contributed by atoms with Gasteiger partial charge < -0.3 is 9.47 Å². The number of ether oxygens (including phenoxy) is 2. The van der Waals surface area contributed by atoms with Crippen molar-refractivity contribution < 1.29 is 17.9 Å². The number of anilines is 1. The molecule has 2 heterocycles. The highest BCUT2D eigenvalue weighted by atomic mass is 79.9. The topological polar surface area (TPSA) is 116 Å². The molecule has 0 fully saturated rings. The molecule has 4 aromatic rings. The number of nitrogens with one attached hydrogen (secondary N) is 1. The van der Waals surface area contributed by atoms with Crippen molar-refractivity contribution in [2.24, 2.45) is 0 Å². The molecule has 1 N–H and O–H groups in total. The second kappa shape index (κ2) is 11.9. The lowest BCUT2D eigenvalue weighted by Crippen LogP contribution is -2.20. The minimum absolute atomic E-state index is 0.0917. The van der Waals surface area contributed by atoms with Gasteiger partial charge in [-0.3, -0.25) is 4.72 Å². The summed E-state index contributed by atoms with van der Waals surface area (Å²) in [6, 6.07) is 17.2. The van der Waals surface area contributed by atoms with E-state index in [0.717, 1.165) is 15.6 Å². The van der Waals surface area contributed by atoms with E-state index in [4.69, 9.17) is 9.47 Å². The molecule has 2 aromatic heterocycles. The number of aryl methyl sites for hydroxylation is 2. The summed E-state index contributed by atoms with van der Waals surface area (Å²) in [7, 11) is -3.69. The van der Waals surface area contributed by atoms with E-state index in [0.29, 0.717) is 17.5 Å². The third-order valence-electron chi connectivity index (χ3n) is 5.06. The third kappa shape index (κ3) is 7.22. The summed E-state index contributed by atoms with van der Waals surface area (Å²) in [5.74, 6) is 0.287. The number of benzene rings is 2. The predicted molar refractivity (Wildman–Crippen MR) is 140 cm³/mol. The maximum Gasteiger partial charge on any atom is 0.316 e. The van der Waals surface area contributed by atoms with Crippen LogP contribution in [0.25, 0.3) is 11.1 Å². The van der Waals surface area contributed by atoms with Crippen LogP contribution >= 0.6 is 15.9 Å². The SMILES string of the molecule is Cc1ccc(-c2c(NS(=O)(=O)CCc3ccccc3)ncnc2OCCOc2ncc(Br)cn2)cc1. The van der Waals surface area contributed by atoms with Gasteiger partial charge in [0.1, 0.15) is 19.5 Å². The number of halogens is 1. The smallest absolute Gasteiger partial charge is 0.316 e. The van der Waals surface area contributed by atoms with Crippen LogP contribution in [0.1, 0.15) is 11.1 Å². The van der Waals surface area contributed by atoms with E-state index in [9.17, 15) is 8.42 Å². The maximum absolute atomic E-state index is 12.9. The Morgan fingerprint density at radius 3 is 2.31 bits per heavy atom.